The largest absolute Gasteiger partial charge is 0.368 e. The van der Waals surface area contributed by atoms with E-state index in [1.807, 2.05) is 13.8 Å². The zero-order valence-electron chi connectivity index (χ0n) is 10.7. The van der Waals surface area contributed by atoms with Gasteiger partial charge in [0.1, 0.15) is 6.54 Å². The minimum atomic E-state index is -0.380. The second kappa shape index (κ2) is 6.32. The van der Waals surface area contributed by atoms with E-state index in [-0.39, 0.29) is 16.7 Å². The number of unbranched alkanes of at least 4 members (excludes halogenated alkanes) is 3. The van der Waals surface area contributed by atoms with Gasteiger partial charge in [-0.2, -0.15) is 0 Å². The number of nitrogens with zero attached hydrogens (tertiary/aromatic N) is 4. The molecule has 0 unspecified atom stereocenters. The summed E-state index contributed by atoms with van der Waals surface area (Å²) in [5.41, 5.74) is 0.477. The molecule has 0 saturated heterocycles. The lowest BCUT2D eigenvalue weighted by molar-refractivity contribution is -0.393. The van der Waals surface area contributed by atoms with Crippen molar-refractivity contribution in [1.82, 2.24) is 15.0 Å². The standard InChI is InChI=1S/C11H20N4O2/c1-4-5-6-7-8-14-11(15(16)17)10(9(2)3)12-13-14/h9H,4-8H2,1-3H3. The molecule has 6 nitrogen and oxygen atoms in total. The van der Waals surface area contributed by atoms with E-state index in [1.54, 1.807) is 0 Å². The number of aromatic nitrogens is 3. The first-order valence-corrected chi connectivity index (χ1v) is 6.15. The van der Waals surface area contributed by atoms with E-state index in [9.17, 15) is 10.1 Å². The molecule has 0 amide bonds. The van der Waals surface area contributed by atoms with Crippen LogP contribution in [0, 0.1) is 10.1 Å². The Balaban J connectivity index is 2.74. The van der Waals surface area contributed by atoms with Crippen molar-refractivity contribution in [1.29, 1.82) is 0 Å². The van der Waals surface area contributed by atoms with Gasteiger partial charge in [0.15, 0.2) is 5.69 Å². The van der Waals surface area contributed by atoms with E-state index >= 15 is 0 Å². The van der Waals surface area contributed by atoms with Crippen LogP contribution in [-0.2, 0) is 6.54 Å². The van der Waals surface area contributed by atoms with Gasteiger partial charge in [-0.3, -0.25) is 0 Å². The van der Waals surface area contributed by atoms with Crippen LogP contribution < -0.4 is 0 Å². The van der Waals surface area contributed by atoms with Gasteiger partial charge in [0, 0.05) is 11.1 Å². The maximum atomic E-state index is 11.0. The summed E-state index contributed by atoms with van der Waals surface area (Å²) in [6, 6.07) is 0. The summed E-state index contributed by atoms with van der Waals surface area (Å²) in [4.78, 5) is 10.6. The second-order valence-corrected chi connectivity index (χ2v) is 4.49. The van der Waals surface area contributed by atoms with Crippen molar-refractivity contribution in [3.63, 3.8) is 0 Å². The summed E-state index contributed by atoms with van der Waals surface area (Å²) in [5, 5.41) is 18.8. The molecule has 0 radical (unpaired) electrons. The number of aryl methyl sites for hydroxylation is 1. The highest BCUT2D eigenvalue weighted by Crippen LogP contribution is 2.23. The predicted molar refractivity (Wildman–Crippen MR) is 64.9 cm³/mol. The molecular formula is C11H20N4O2. The first kappa shape index (κ1) is 13.6. The summed E-state index contributed by atoms with van der Waals surface area (Å²) in [6.45, 7) is 6.49. The molecule has 0 aliphatic rings. The number of hydrogen-bond acceptors (Lipinski definition) is 4. The first-order valence-electron chi connectivity index (χ1n) is 6.15. The molecule has 1 aromatic rings. The monoisotopic (exact) mass is 240 g/mol. The van der Waals surface area contributed by atoms with Crippen LogP contribution in [0.5, 0.6) is 0 Å². The fourth-order valence-corrected chi connectivity index (χ4v) is 1.72. The summed E-state index contributed by atoms with van der Waals surface area (Å²) >= 11 is 0. The molecule has 17 heavy (non-hydrogen) atoms. The van der Waals surface area contributed by atoms with Crippen molar-refractivity contribution in [2.75, 3.05) is 0 Å². The van der Waals surface area contributed by atoms with Crippen LogP contribution in [0.25, 0.3) is 0 Å². The van der Waals surface area contributed by atoms with Crippen LogP contribution in [0.15, 0.2) is 0 Å². The zero-order valence-corrected chi connectivity index (χ0v) is 10.7. The van der Waals surface area contributed by atoms with Crippen LogP contribution >= 0.6 is 0 Å². The van der Waals surface area contributed by atoms with Crippen LogP contribution in [0.3, 0.4) is 0 Å². The van der Waals surface area contributed by atoms with Crippen molar-refractivity contribution in [2.24, 2.45) is 0 Å². The SMILES string of the molecule is CCCCCCn1nnc(C(C)C)c1[N+](=O)[O-]. The highest BCUT2D eigenvalue weighted by molar-refractivity contribution is 5.27. The molecule has 0 atom stereocenters. The fraction of sp³-hybridized carbons (Fsp3) is 0.818. The normalized spacial score (nSPS) is 11.1. The molecule has 0 fully saturated rings. The molecule has 6 heteroatoms. The maximum Gasteiger partial charge on any atom is 0.368 e. The van der Waals surface area contributed by atoms with E-state index in [1.165, 1.54) is 4.68 Å². The Hall–Kier alpha value is -1.46. The Bertz CT molecular complexity index is 374. The van der Waals surface area contributed by atoms with Crippen molar-refractivity contribution < 1.29 is 4.92 Å². The van der Waals surface area contributed by atoms with Crippen LogP contribution in [0.4, 0.5) is 5.82 Å². The minimum Gasteiger partial charge on any atom is -0.358 e. The quantitative estimate of drug-likeness (QED) is 0.417. The number of hydrogen-bond donors (Lipinski definition) is 0. The lowest BCUT2D eigenvalue weighted by Gasteiger charge is -2.01. The topological polar surface area (TPSA) is 73.8 Å². The lowest BCUT2D eigenvalue weighted by atomic mass is 10.1. The van der Waals surface area contributed by atoms with E-state index in [2.05, 4.69) is 17.2 Å². The molecule has 0 aliphatic carbocycles. The molecule has 0 saturated carbocycles. The van der Waals surface area contributed by atoms with Gasteiger partial charge in [0.2, 0.25) is 0 Å². The van der Waals surface area contributed by atoms with Gasteiger partial charge in [-0.25, -0.2) is 0 Å². The molecule has 0 aromatic carbocycles. The van der Waals surface area contributed by atoms with Gasteiger partial charge in [0.05, 0.1) is 0 Å². The number of nitro groups is 1. The fourth-order valence-electron chi connectivity index (χ4n) is 1.72. The molecule has 0 bridgehead atoms. The van der Waals surface area contributed by atoms with Gasteiger partial charge < -0.3 is 10.1 Å². The number of rotatable bonds is 7. The van der Waals surface area contributed by atoms with E-state index in [0.717, 1.165) is 25.7 Å². The molecule has 1 aromatic heterocycles. The molecule has 96 valence electrons. The highest BCUT2D eigenvalue weighted by Gasteiger charge is 2.25. The average molecular weight is 240 g/mol. The van der Waals surface area contributed by atoms with Crippen molar-refractivity contribution in [3.05, 3.63) is 15.8 Å². The van der Waals surface area contributed by atoms with Crippen LogP contribution in [0.2, 0.25) is 0 Å². The third-order valence-corrected chi connectivity index (χ3v) is 2.68. The van der Waals surface area contributed by atoms with Gasteiger partial charge >= 0.3 is 5.82 Å². The summed E-state index contributed by atoms with van der Waals surface area (Å²) < 4.78 is 1.42. The van der Waals surface area contributed by atoms with E-state index < -0.39 is 0 Å². The van der Waals surface area contributed by atoms with E-state index in [0.29, 0.717) is 12.2 Å². The molecule has 1 rings (SSSR count). The molecular weight excluding hydrogens is 220 g/mol. The Morgan fingerprint density at radius 1 is 1.35 bits per heavy atom. The van der Waals surface area contributed by atoms with Gasteiger partial charge in [0.25, 0.3) is 0 Å². The Morgan fingerprint density at radius 2 is 2.06 bits per heavy atom. The predicted octanol–water partition coefficient (Wildman–Crippen LogP) is 2.89. The van der Waals surface area contributed by atoms with Gasteiger partial charge in [-0.15, -0.1) is 9.78 Å². The van der Waals surface area contributed by atoms with Crippen molar-refractivity contribution in [2.45, 2.75) is 58.9 Å². The van der Waals surface area contributed by atoms with Crippen molar-refractivity contribution >= 4 is 5.82 Å². The summed E-state index contributed by atoms with van der Waals surface area (Å²) in [7, 11) is 0. The smallest absolute Gasteiger partial charge is 0.358 e. The van der Waals surface area contributed by atoms with E-state index in [4.69, 9.17) is 0 Å². The van der Waals surface area contributed by atoms with Crippen LogP contribution in [0.1, 0.15) is 58.1 Å². The Labute approximate surface area is 101 Å². The average Bonchev–Trinajstić information content (AvgIpc) is 2.68. The van der Waals surface area contributed by atoms with Gasteiger partial charge in [-0.05, 0) is 17.8 Å². The molecule has 0 spiro atoms. The minimum absolute atomic E-state index is 0.0276. The van der Waals surface area contributed by atoms with Gasteiger partial charge in [-0.1, -0.05) is 33.6 Å². The molecule has 0 aliphatic heterocycles. The third-order valence-electron chi connectivity index (χ3n) is 2.68. The molecule has 0 N–H and O–H groups in total. The van der Waals surface area contributed by atoms with Crippen molar-refractivity contribution in [3.8, 4) is 0 Å². The third kappa shape index (κ3) is 3.51. The lowest BCUT2D eigenvalue weighted by Crippen LogP contribution is -2.06. The highest BCUT2D eigenvalue weighted by atomic mass is 16.6. The second-order valence-electron chi connectivity index (χ2n) is 4.49. The Kier molecular flexibility index (Phi) is 5.06. The summed E-state index contributed by atoms with van der Waals surface area (Å²) in [6.07, 6.45) is 4.29. The zero-order chi connectivity index (χ0) is 12.8. The molecule has 1 heterocycles. The summed E-state index contributed by atoms with van der Waals surface area (Å²) in [5.74, 6) is 0.0799. The van der Waals surface area contributed by atoms with Crippen LogP contribution in [-0.4, -0.2) is 19.9 Å². The Morgan fingerprint density at radius 3 is 2.59 bits per heavy atom. The maximum absolute atomic E-state index is 11.0. The first-order chi connectivity index (χ1) is 8.07.